The van der Waals surface area contributed by atoms with E-state index in [-0.39, 0.29) is 17.4 Å². The maximum atomic E-state index is 15.0. The number of carboxylic acid groups (broad SMARTS) is 1. The topological polar surface area (TPSA) is 104 Å². The molecule has 1 saturated heterocycles. The molecule has 0 radical (unpaired) electrons. The van der Waals surface area contributed by atoms with Crippen LogP contribution in [0.4, 0.5) is 10.1 Å². The predicted octanol–water partition coefficient (Wildman–Crippen LogP) is 2.00. The Hall–Kier alpha value is -3.72. The highest BCUT2D eigenvalue weighted by Gasteiger charge is 2.25. The Morgan fingerprint density at radius 1 is 1.18 bits per heavy atom. The molecule has 0 bridgehead atoms. The number of nitrogens with one attached hydrogen (secondary N) is 2. The Bertz CT molecular complexity index is 1270. The van der Waals surface area contributed by atoms with Crippen molar-refractivity contribution in [2.45, 2.75) is 25.9 Å². The third-order valence-corrected chi connectivity index (χ3v) is 6.08. The highest BCUT2D eigenvalue weighted by Crippen LogP contribution is 2.25. The number of hydrogen-bond acceptors (Lipinski definition) is 5. The lowest BCUT2D eigenvalue weighted by molar-refractivity contribution is -0.139. The van der Waals surface area contributed by atoms with Gasteiger partial charge in [-0.25, -0.2) is 9.18 Å². The van der Waals surface area contributed by atoms with Crippen LogP contribution in [0.15, 0.2) is 53.5 Å². The van der Waals surface area contributed by atoms with Gasteiger partial charge in [-0.3, -0.25) is 9.59 Å². The van der Waals surface area contributed by atoms with Crippen molar-refractivity contribution < 1.29 is 19.1 Å². The summed E-state index contributed by atoms with van der Waals surface area (Å²) in [5.41, 5.74) is 0.830. The third-order valence-electron chi connectivity index (χ3n) is 6.08. The van der Waals surface area contributed by atoms with E-state index in [4.69, 9.17) is 0 Å². The van der Waals surface area contributed by atoms with Gasteiger partial charge in [0.25, 0.3) is 5.91 Å². The van der Waals surface area contributed by atoms with Crippen molar-refractivity contribution in [3.05, 3.63) is 75.8 Å². The summed E-state index contributed by atoms with van der Waals surface area (Å²) in [5, 5.41) is 15.4. The maximum absolute atomic E-state index is 15.0. The minimum atomic E-state index is -1.22. The number of aliphatic carboxylic acids is 1. The van der Waals surface area contributed by atoms with Crippen molar-refractivity contribution in [2.24, 2.45) is 0 Å². The Morgan fingerprint density at radius 3 is 2.53 bits per heavy atom. The molecule has 9 heteroatoms. The second-order valence-corrected chi connectivity index (χ2v) is 8.27. The number of carbonyl (C=O) groups excluding carboxylic acids is 1. The van der Waals surface area contributed by atoms with Gasteiger partial charge in [0.2, 0.25) is 5.43 Å². The second-order valence-electron chi connectivity index (χ2n) is 8.27. The summed E-state index contributed by atoms with van der Waals surface area (Å²) in [4.78, 5) is 39.9. The average Bonchev–Trinajstić information content (AvgIpc) is 2.85. The fourth-order valence-corrected chi connectivity index (χ4v) is 4.26. The number of fused-ring (bicyclic) bond motifs is 1. The van der Waals surface area contributed by atoms with E-state index in [9.17, 15) is 19.5 Å². The van der Waals surface area contributed by atoms with E-state index in [0.717, 1.165) is 18.7 Å². The Labute approximate surface area is 196 Å². The van der Waals surface area contributed by atoms with Gasteiger partial charge in [-0.1, -0.05) is 30.3 Å². The predicted molar refractivity (Wildman–Crippen MR) is 128 cm³/mol. The molecule has 34 heavy (non-hydrogen) atoms. The van der Waals surface area contributed by atoms with Crippen LogP contribution in [0.5, 0.6) is 0 Å². The van der Waals surface area contributed by atoms with Gasteiger partial charge in [-0.2, -0.15) is 0 Å². The second kappa shape index (κ2) is 10.0. The number of carboxylic acids is 1. The molecule has 178 valence electrons. The number of halogens is 1. The molecule has 1 fully saturated rings. The fraction of sp³-hybridized carbons (Fsp3) is 0.320. The molecule has 8 nitrogen and oxygen atoms in total. The Balaban J connectivity index is 1.69. The lowest BCUT2D eigenvalue weighted by atomic mass is 10.0. The maximum Gasteiger partial charge on any atom is 0.326 e. The molecule has 0 spiro atoms. The summed E-state index contributed by atoms with van der Waals surface area (Å²) in [6.07, 6.45) is 1.49. The lowest BCUT2D eigenvalue weighted by Gasteiger charge is -2.30. The van der Waals surface area contributed by atoms with Crippen molar-refractivity contribution in [1.29, 1.82) is 0 Å². The SMILES string of the molecule is CCn1cc(C(=O)N[C@@H](Cc2ccccc2)C(=O)O)c(=O)c2cc(F)c(N3CCNCC3)cc21. The number of benzene rings is 2. The number of aryl methyl sites for hydroxylation is 1. The van der Waals surface area contributed by atoms with Gasteiger partial charge in [0, 0.05) is 50.7 Å². The molecule has 1 aliphatic heterocycles. The van der Waals surface area contributed by atoms with E-state index in [1.165, 1.54) is 12.3 Å². The van der Waals surface area contributed by atoms with Crippen LogP contribution in [-0.2, 0) is 17.8 Å². The zero-order valence-corrected chi connectivity index (χ0v) is 18.9. The van der Waals surface area contributed by atoms with Crippen LogP contribution in [0.3, 0.4) is 0 Å². The number of carbonyl (C=O) groups is 2. The summed E-state index contributed by atoms with van der Waals surface area (Å²) in [7, 11) is 0. The zero-order chi connectivity index (χ0) is 24.2. The van der Waals surface area contributed by atoms with Crippen LogP contribution in [0.1, 0.15) is 22.8 Å². The molecule has 1 aliphatic rings. The number of rotatable bonds is 7. The number of pyridine rings is 1. The summed E-state index contributed by atoms with van der Waals surface area (Å²) in [6, 6.07) is 10.5. The average molecular weight is 467 g/mol. The summed E-state index contributed by atoms with van der Waals surface area (Å²) in [5.74, 6) is -2.54. The number of amides is 1. The van der Waals surface area contributed by atoms with Crippen LogP contribution >= 0.6 is 0 Å². The third kappa shape index (κ3) is 4.79. The van der Waals surface area contributed by atoms with Gasteiger partial charge in [-0.15, -0.1) is 0 Å². The first-order chi connectivity index (χ1) is 16.4. The van der Waals surface area contributed by atoms with Crippen molar-refractivity contribution in [1.82, 2.24) is 15.2 Å². The minimum absolute atomic E-state index is 0.0696. The van der Waals surface area contributed by atoms with E-state index in [2.05, 4.69) is 10.6 Å². The molecular formula is C25H27FN4O4. The number of hydrogen-bond donors (Lipinski definition) is 3. The first kappa shape index (κ1) is 23.4. The first-order valence-electron chi connectivity index (χ1n) is 11.3. The molecule has 4 rings (SSSR count). The van der Waals surface area contributed by atoms with Gasteiger partial charge in [-0.05, 0) is 24.6 Å². The van der Waals surface area contributed by atoms with Crippen molar-refractivity contribution >= 4 is 28.5 Å². The Morgan fingerprint density at radius 2 is 1.88 bits per heavy atom. The van der Waals surface area contributed by atoms with Crippen molar-refractivity contribution in [2.75, 3.05) is 31.1 Å². The van der Waals surface area contributed by atoms with Crippen LogP contribution in [-0.4, -0.2) is 53.8 Å². The van der Waals surface area contributed by atoms with Crippen LogP contribution < -0.4 is 21.0 Å². The molecule has 1 amide bonds. The molecule has 0 aliphatic carbocycles. The standard InChI is InChI=1S/C25H27FN4O4/c1-2-29-15-18(24(32)28-20(25(33)34)12-16-6-4-3-5-7-16)23(31)17-13-19(26)22(14-21(17)29)30-10-8-27-9-11-30/h3-7,13-15,20,27H,2,8-12H2,1H3,(H,28,32)(H,33,34)/t20-/m0/s1. The van der Waals surface area contributed by atoms with Crippen molar-refractivity contribution in [3.8, 4) is 0 Å². The van der Waals surface area contributed by atoms with Crippen LogP contribution in [0.2, 0.25) is 0 Å². The largest absolute Gasteiger partial charge is 0.480 e. The monoisotopic (exact) mass is 466 g/mol. The quantitative estimate of drug-likeness (QED) is 0.492. The number of aromatic nitrogens is 1. The van der Waals surface area contributed by atoms with E-state index in [0.29, 0.717) is 30.8 Å². The van der Waals surface area contributed by atoms with E-state index in [1.807, 2.05) is 17.9 Å². The highest BCUT2D eigenvalue weighted by molar-refractivity contribution is 5.99. The van der Waals surface area contributed by atoms with Gasteiger partial charge < -0.3 is 25.2 Å². The van der Waals surface area contributed by atoms with Gasteiger partial charge in [0.05, 0.1) is 11.2 Å². The van der Waals surface area contributed by atoms with Gasteiger partial charge in [0.15, 0.2) is 0 Å². The molecule has 0 unspecified atom stereocenters. The van der Waals surface area contributed by atoms with E-state index < -0.39 is 29.2 Å². The first-order valence-corrected chi connectivity index (χ1v) is 11.3. The number of piperazine rings is 1. The number of anilines is 1. The smallest absolute Gasteiger partial charge is 0.326 e. The summed E-state index contributed by atoms with van der Waals surface area (Å²) < 4.78 is 16.7. The normalized spacial score (nSPS) is 14.7. The Kier molecular flexibility index (Phi) is 6.93. The molecule has 1 aromatic heterocycles. The molecular weight excluding hydrogens is 439 g/mol. The van der Waals surface area contributed by atoms with Crippen LogP contribution in [0.25, 0.3) is 10.9 Å². The van der Waals surface area contributed by atoms with Crippen LogP contribution in [0, 0.1) is 5.82 Å². The highest BCUT2D eigenvalue weighted by atomic mass is 19.1. The molecule has 3 aromatic rings. The summed E-state index contributed by atoms with van der Waals surface area (Å²) in [6.45, 7) is 5.08. The van der Waals surface area contributed by atoms with Gasteiger partial charge >= 0.3 is 5.97 Å². The molecule has 2 aromatic carbocycles. The van der Waals surface area contributed by atoms with E-state index in [1.54, 1.807) is 34.9 Å². The molecule has 2 heterocycles. The van der Waals surface area contributed by atoms with Gasteiger partial charge in [0.1, 0.15) is 17.4 Å². The lowest BCUT2D eigenvalue weighted by Crippen LogP contribution is -2.44. The molecule has 3 N–H and O–H groups in total. The summed E-state index contributed by atoms with van der Waals surface area (Å²) >= 11 is 0. The fourth-order valence-electron chi connectivity index (χ4n) is 4.26. The number of nitrogens with zero attached hydrogens (tertiary/aromatic N) is 2. The van der Waals surface area contributed by atoms with E-state index >= 15 is 4.39 Å². The van der Waals surface area contributed by atoms with Crippen molar-refractivity contribution in [3.63, 3.8) is 0 Å². The minimum Gasteiger partial charge on any atom is -0.480 e. The molecule has 0 saturated carbocycles. The zero-order valence-electron chi connectivity index (χ0n) is 18.9. The molecule has 1 atom stereocenters.